The molecular formula is C21H21AsF3N3O3. The summed E-state index contributed by atoms with van der Waals surface area (Å²) in [5.74, 6) is -0.460. The van der Waals surface area contributed by atoms with Crippen LogP contribution < -0.4 is 9.93 Å². The normalized spacial score (nSPS) is 12.1. The first-order chi connectivity index (χ1) is 14.6. The molecule has 2 heterocycles. The molecule has 0 amide bonds. The predicted octanol–water partition coefficient (Wildman–Crippen LogP) is 4.20. The van der Waals surface area contributed by atoms with Crippen LogP contribution in [0.5, 0.6) is 0 Å². The number of alkyl halides is 3. The summed E-state index contributed by atoms with van der Waals surface area (Å²) in [7, 11) is 0. The van der Waals surface area contributed by atoms with Crippen molar-refractivity contribution in [2.24, 2.45) is 5.92 Å². The van der Waals surface area contributed by atoms with Crippen molar-refractivity contribution in [3.05, 3.63) is 59.4 Å². The molecule has 6 nitrogen and oxygen atoms in total. The Bertz CT molecular complexity index is 1050. The van der Waals surface area contributed by atoms with E-state index in [-0.39, 0.29) is 23.6 Å². The molecule has 0 saturated carbocycles. The van der Waals surface area contributed by atoms with Crippen molar-refractivity contribution in [3.63, 3.8) is 0 Å². The zero-order valence-electron chi connectivity index (χ0n) is 16.8. The van der Waals surface area contributed by atoms with E-state index in [1.807, 2.05) is 0 Å². The number of aromatic carboxylic acids is 1. The molecule has 0 aliphatic carbocycles. The second-order valence-electron chi connectivity index (χ2n) is 7.23. The van der Waals surface area contributed by atoms with E-state index in [4.69, 9.17) is 4.42 Å². The summed E-state index contributed by atoms with van der Waals surface area (Å²) in [6.07, 6.45) is -3.04. The van der Waals surface area contributed by atoms with E-state index in [2.05, 4.69) is 29.1 Å². The van der Waals surface area contributed by atoms with Crippen LogP contribution >= 0.6 is 0 Å². The number of carboxylic acids is 1. The Morgan fingerprint density at radius 3 is 2.61 bits per heavy atom. The Hall–Kier alpha value is -2.80. The average Bonchev–Trinajstić information content (AvgIpc) is 3.24. The molecule has 31 heavy (non-hydrogen) atoms. The minimum absolute atomic E-state index is 0.0254. The quantitative estimate of drug-likeness (QED) is 0.456. The molecule has 0 bridgehead atoms. The van der Waals surface area contributed by atoms with Crippen molar-refractivity contribution in [3.8, 4) is 11.5 Å². The first-order valence-corrected chi connectivity index (χ1v) is 12.0. The molecule has 164 valence electrons. The summed E-state index contributed by atoms with van der Waals surface area (Å²) in [5, 5.41) is 13.6. The van der Waals surface area contributed by atoms with Gasteiger partial charge in [0.15, 0.2) is 0 Å². The molecule has 10 heteroatoms. The average molecular weight is 495 g/mol. The Kier molecular flexibility index (Phi) is 7.05. The SMILES string of the molecule is CC(C)C[AsH]c1nc(NCc2cccc(C(F)(F)F)c2)c(C(=O)O)c(-c2ccco2)n1. The third kappa shape index (κ3) is 5.88. The van der Waals surface area contributed by atoms with Crippen LogP contribution in [0.15, 0.2) is 47.1 Å². The second-order valence-corrected chi connectivity index (χ2v) is 9.76. The molecular weight excluding hydrogens is 474 g/mol. The van der Waals surface area contributed by atoms with Gasteiger partial charge in [-0.2, -0.15) is 0 Å². The summed E-state index contributed by atoms with van der Waals surface area (Å²) in [6.45, 7) is 4.13. The standard InChI is InChI=1S/C21H21AsF3N3O3/c1-12(2)10-22-20-27-17(15-7-4-8-31-15)16(19(29)30)18(28-20)26-11-13-5-3-6-14(9-13)21(23,24)25/h3-9,12,22H,10-11H2,1-2H3,(H,29,30)(H,26,27,28). The van der Waals surface area contributed by atoms with Gasteiger partial charge in [0.05, 0.1) is 0 Å². The Labute approximate surface area is 183 Å². The van der Waals surface area contributed by atoms with E-state index in [0.29, 0.717) is 21.9 Å². The topological polar surface area (TPSA) is 88.2 Å². The van der Waals surface area contributed by atoms with E-state index in [1.165, 1.54) is 18.4 Å². The van der Waals surface area contributed by atoms with Gasteiger partial charge in [-0.05, 0) is 0 Å². The van der Waals surface area contributed by atoms with Crippen LogP contribution in [0.2, 0.25) is 5.21 Å². The molecule has 1 atom stereocenters. The first kappa shape index (κ1) is 22.9. The van der Waals surface area contributed by atoms with E-state index in [1.54, 1.807) is 12.1 Å². The molecule has 0 fully saturated rings. The summed E-state index contributed by atoms with van der Waals surface area (Å²) in [5.41, 5.74) is -0.444. The van der Waals surface area contributed by atoms with Gasteiger partial charge >= 0.3 is 183 Å². The molecule has 2 aromatic heterocycles. The molecule has 3 rings (SSSR count). The monoisotopic (exact) mass is 495 g/mol. The molecule has 0 aliphatic heterocycles. The van der Waals surface area contributed by atoms with Gasteiger partial charge in [0.2, 0.25) is 0 Å². The molecule has 0 saturated heterocycles. The van der Waals surface area contributed by atoms with Gasteiger partial charge in [0, 0.05) is 0 Å². The van der Waals surface area contributed by atoms with Gasteiger partial charge in [0.25, 0.3) is 0 Å². The fourth-order valence-electron chi connectivity index (χ4n) is 2.80. The molecule has 3 aromatic rings. The van der Waals surface area contributed by atoms with Gasteiger partial charge in [0.1, 0.15) is 0 Å². The molecule has 2 N–H and O–H groups in total. The number of nitrogens with one attached hydrogen (secondary N) is 1. The maximum atomic E-state index is 13.0. The van der Waals surface area contributed by atoms with E-state index < -0.39 is 33.5 Å². The summed E-state index contributed by atoms with van der Waals surface area (Å²) in [4.78, 5) is 20.9. The second kappa shape index (κ2) is 9.56. The number of carboxylic acid groups (broad SMARTS) is 1. The van der Waals surface area contributed by atoms with Crippen LogP contribution in [0.3, 0.4) is 0 Å². The van der Waals surface area contributed by atoms with Gasteiger partial charge in [-0.15, -0.1) is 0 Å². The number of aromatic nitrogens is 2. The number of hydrogen-bond donors (Lipinski definition) is 2. The Morgan fingerprint density at radius 2 is 2.00 bits per heavy atom. The third-order valence-corrected chi connectivity index (χ3v) is 7.53. The summed E-state index contributed by atoms with van der Waals surface area (Å²) >= 11 is -0.741. The number of hydrogen-bond acceptors (Lipinski definition) is 5. The van der Waals surface area contributed by atoms with Crippen LogP contribution in [-0.2, 0) is 12.7 Å². The summed E-state index contributed by atoms with van der Waals surface area (Å²) in [6, 6.07) is 8.09. The number of benzene rings is 1. The van der Waals surface area contributed by atoms with Gasteiger partial charge in [-0.3, -0.25) is 0 Å². The van der Waals surface area contributed by atoms with Gasteiger partial charge in [-0.25, -0.2) is 0 Å². The Balaban J connectivity index is 1.98. The van der Waals surface area contributed by atoms with Crippen molar-refractivity contribution in [2.45, 2.75) is 31.8 Å². The van der Waals surface area contributed by atoms with Crippen molar-refractivity contribution >= 4 is 32.2 Å². The fraction of sp³-hybridized carbons (Fsp3) is 0.286. The van der Waals surface area contributed by atoms with Crippen LogP contribution in [-0.4, -0.2) is 36.8 Å². The van der Waals surface area contributed by atoms with Crippen molar-refractivity contribution < 1.29 is 27.5 Å². The molecule has 0 radical (unpaired) electrons. The first-order valence-electron chi connectivity index (χ1n) is 9.48. The molecule has 0 aliphatic rings. The number of rotatable bonds is 8. The molecule has 1 unspecified atom stereocenters. The number of anilines is 1. The van der Waals surface area contributed by atoms with E-state index >= 15 is 0 Å². The van der Waals surface area contributed by atoms with E-state index in [9.17, 15) is 23.1 Å². The van der Waals surface area contributed by atoms with Crippen molar-refractivity contribution in [1.82, 2.24) is 9.97 Å². The third-order valence-electron chi connectivity index (χ3n) is 4.26. The maximum absolute atomic E-state index is 13.0. The summed E-state index contributed by atoms with van der Waals surface area (Å²) < 4.78 is 44.9. The minimum atomic E-state index is -4.46. The number of carbonyl (C=O) groups is 1. The Morgan fingerprint density at radius 1 is 1.23 bits per heavy atom. The predicted molar refractivity (Wildman–Crippen MR) is 112 cm³/mol. The van der Waals surface area contributed by atoms with Gasteiger partial charge in [-0.1, -0.05) is 0 Å². The zero-order chi connectivity index (χ0) is 22.6. The fourth-order valence-corrected chi connectivity index (χ4v) is 4.84. The zero-order valence-corrected chi connectivity index (χ0v) is 18.9. The van der Waals surface area contributed by atoms with Gasteiger partial charge < -0.3 is 0 Å². The van der Waals surface area contributed by atoms with Crippen LogP contribution in [0.1, 0.15) is 35.3 Å². The van der Waals surface area contributed by atoms with Crippen LogP contribution in [0.4, 0.5) is 19.0 Å². The molecule has 0 spiro atoms. The van der Waals surface area contributed by atoms with Crippen molar-refractivity contribution in [2.75, 3.05) is 5.32 Å². The van der Waals surface area contributed by atoms with Crippen LogP contribution in [0, 0.1) is 5.92 Å². The number of nitrogens with zero attached hydrogens (tertiary/aromatic N) is 2. The van der Waals surface area contributed by atoms with Crippen LogP contribution in [0.25, 0.3) is 11.5 Å². The number of furan rings is 1. The number of halogens is 3. The van der Waals surface area contributed by atoms with Crippen molar-refractivity contribution in [1.29, 1.82) is 0 Å². The molecule has 1 aromatic carbocycles. The van der Waals surface area contributed by atoms with E-state index in [0.717, 1.165) is 17.3 Å².